The molecule has 3 N–H and O–H groups in total. The number of aliphatic hydroxyl groups is 2. The average molecular weight is 365 g/mol. The minimum atomic E-state index is -0.916. The van der Waals surface area contributed by atoms with Crippen molar-refractivity contribution in [2.75, 3.05) is 18.4 Å². The lowest BCUT2D eigenvalue weighted by Gasteiger charge is -2.33. The number of nitrogens with zero attached hydrogens (tertiary/aromatic N) is 3. The van der Waals surface area contributed by atoms with E-state index in [9.17, 15) is 15.0 Å². The molecule has 8 heteroatoms. The molecular formula is C17H21ClN4O3. The smallest absolute Gasteiger partial charge is 0.323 e. The van der Waals surface area contributed by atoms with E-state index in [2.05, 4.69) is 10.4 Å². The highest BCUT2D eigenvalue weighted by molar-refractivity contribution is 6.30. The first-order chi connectivity index (χ1) is 11.9. The van der Waals surface area contributed by atoms with Gasteiger partial charge in [-0.3, -0.25) is 5.32 Å². The number of carbonyl (C=O) groups excluding carboxylic acids is 1. The Hall–Kier alpha value is -2.09. The molecule has 0 saturated carbocycles. The average Bonchev–Trinajstić information content (AvgIpc) is 2.91. The fourth-order valence-corrected chi connectivity index (χ4v) is 2.95. The highest BCUT2D eigenvalue weighted by Crippen LogP contribution is 2.17. The summed E-state index contributed by atoms with van der Waals surface area (Å²) in [4.78, 5) is 13.9. The first-order valence-corrected chi connectivity index (χ1v) is 8.51. The van der Waals surface area contributed by atoms with Crippen molar-refractivity contribution in [3.63, 3.8) is 0 Å². The third kappa shape index (κ3) is 4.31. The second-order valence-corrected chi connectivity index (χ2v) is 6.69. The Kier molecular flexibility index (Phi) is 5.27. The molecule has 3 rings (SSSR count). The number of rotatable bonds is 3. The van der Waals surface area contributed by atoms with Crippen LogP contribution in [-0.4, -0.2) is 56.2 Å². The first-order valence-electron chi connectivity index (χ1n) is 8.13. The molecule has 0 spiro atoms. The van der Waals surface area contributed by atoms with Gasteiger partial charge in [0.15, 0.2) is 0 Å². The summed E-state index contributed by atoms with van der Waals surface area (Å²) in [5, 5.41) is 27.2. The van der Waals surface area contributed by atoms with Crippen molar-refractivity contribution in [3.05, 3.63) is 46.6 Å². The summed E-state index contributed by atoms with van der Waals surface area (Å²) in [5.41, 5.74) is 1.80. The second kappa shape index (κ2) is 7.43. The molecule has 1 aromatic heterocycles. The van der Waals surface area contributed by atoms with Crippen LogP contribution in [0.15, 0.2) is 30.3 Å². The Morgan fingerprint density at radius 3 is 2.72 bits per heavy atom. The highest BCUT2D eigenvalue weighted by Gasteiger charge is 2.29. The summed E-state index contributed by atoms with van der Waals surface area (Å²) in [5.74, 6) is 0.582. The van der Waals surface area contributed by atoms with Gasteiger partial charge >= 0.3 is 6.03 Å². The van der Waals surface area contributed by atoms with Crippen molar-refractivity contribution in [2.45, 2.75) is 32.1 Å². The quantitative estimate of drug-likeness (QED) is 0.775. The second-order valence-electron chi connectivity index (χ2n) is 6.25. The van der Waals surface area contributed by atoms with Gasteiger partial charge in [-0.15, -0.1) is 0 Å². The highest BCUT2D eigenvalue weighted by atomic mass is 35.5. The summed E-state index contributed by atoms with van der Waals surface area (Å²) in [6.07, 6.45) is -1.33. The molecule has 25 heavy (non-hydrogen) atoms. The number of urea groups is 1. The van der Waals surface area contributed by atoms with Crippen LogP contribution in [0.3, 0.4) is 0 Å². The van der Waals surface area contributed by atoms with E-state index in [1.54, 1.807) is 10.7 Å². The summed E-state index contributed by atoms with van der Waals surface area (Å²) >= 11 is 5.90. The van der Waals surface area contributed by atoms with Crippen LogP contribution in [0.2, 0.25) is 5.02 Å². The number of nitrogens with one attached hydrogen (secondary N) is 1. The molecule has 134 valence electrons. The molecule has 1 aromatic carbocycles. The zero-order valence-corrected chi connectivity index (χ0v) is 14.6. The molecule has 0 radical (unpaired) electrons. The van der Waals surface area contributed by atoms with Crippen molar-refractivity contribution >= 4 is 23.4 Å². The Balaban J connectivity index is 1.70. The largest absolute Gasteiger partial charge is 0.390 e. The lowest BCUT2D eigenvalue weighted by Crippen LogP contribution is -2.50. The zero-order valence-electron chi connectivity index (χ0n) is 13.9. The van der Waals surface area contributed by atoms with Gasteiger partial charge in [0.1, 0.15) is 5.82 Å². The number of carbonyl (C=O) groups is 1. The molecule has 7 nitrogen and oxygen atoms in total. The molecule has 2 amide bonds. The van der Waals surface area contributed by atoms with Crippen molar-refractivity contribution in [1.82, 2.24) is 14.7 Å². The van der Waals surface area contributed by atoms with Gasteiger partial charge in [-0.05, 0) is 31.0 Å². The number of likely N-dealkylation sites (tertiary alicyclic amines) is 1. The molecule has 1 aliphatic rings. The number of aryl methyl sites for hydroxylation is 1. The van der Waals surface area contributed by atoms with E-state index >= 15 is 0 Å². The van der Waals surface area contributed by atoms with Crippen LogP contribution in [0, 0.1) is 6.92 Å². The molecule has 1 fully saturated rings. The van der Waals surface area contributed by atoms with Gasteiger partial charge in [-0.2, -0.15) is 5.10 Å². The number of anilines is 1. The number of aromatic nitrogens is 2. The summed E-state index contributed by atoms with van der Waals surface area (Å²) < 4.78 is 1.71. The molecule has 1 aliphatic heterocycles. The van der Waals surface area contributed by atoms with Gasteiger partial charge in [0.2, 0.25) is 0 Å². The molecule has 0 aliphatic carbocycles. The van der Waals surface area contributed by atoms with E-state index in [4.69, 9.17) is 11.6 Å². The van der Waals surface area contributed by atoms with E-state index in [-0.39, 0.29) is 12.6 Å². The maximum absolute atomic E-state index is 12.4. The van der Waals surface area contributed by atoms with Crippen molar-refractivity contribution in [1.29, 1.82) is 0 Å². The predicted octanol–water partition coefficient (Wildman–Crippen LogP) is 1.85. The van der Waals surface area contributed by atoms with Crippen LogP contribution in [-0.2, 0) is 6.54 Å². The minimum Gasteiger partial charge on any atom is -0.390 e. The Labute approximate surface area is 150 Å². The number of amides is 2. The third-order valence-corrected chi connectivity index (χ3v) is 4.47. The van der Waals surface area contributed by atoms with Crippen LogP contribution in [0.25, 0.3) is 0 Å². The molecule has 0 bridgehead atoms. The molecule has 2 heterocycles. The molecule has 2 atom stereocenters. The van der Waals surface area contributed by atoms with Gasteiger partial charge in [-0.1, -0.05) is 23.7 Å². The van der Waals surface area contributed by atoms with E-state index in [1.165, 1.54) is 4.90 Å². The normalized spacial score (nSPS) is 20.6. The fraction of sp³-hybridized carbons (Fsp3) is 0.412. The number of benzene rings is 1. The standard InChI is InChI=1S/C17H21ClN4O3/c1-11-8-16(19-17(25)21-7-6-14(23)15(24)10-21)22(20-11)9-12-2-4-13(18)5-3-12/h2-5,8,14-15,23-24H,6-7,9-10H2,1H3,(H,19,25)/t14-,15-/m1/s1. The van der Waals surface area contributed by atoms with Gasteiger partial charge in [0.25, 0.3) is 0 Å². The number of piperidine rings is 1. The van der Waals surface area contributed by atoms with Crippen molar-refractivity contribution in [3.8, 4) is 0 Å². The molecule has 2 aromatic rings. The lowest BCUT2D eigenvalue weighted by molar-refractivity contribution is -0.0263. The van der Waals surface area contributed by atoms with Crippen LogP contribution in [0.1, 0.15) is 17.7 Å². The first kappa shape index (κ1) is 17.7. The number of hydrogen-bond donors (Lipinski definition) is 3. The predicted molar refractivity (Wildman–Crippen MR) is 94.7 cm³/mol. The van der Waals surface area contributed by atoms with Gasteiger partial charge in [0, 0.05) is 17.6 Å². The van der Waals surface area contributed by atoms with Crippen LogP contribution >= 0.6 is 11.6 Å². The third-order valence-electron chi connectivity index (χ3n) is 4.22. The molecule has 1 saturated heterocycles. The number of halogens is 1. The Morgan fingerprint density at radius 2 is 2.04 bits per heavy atom. The van der Waals surface area contributed by atoms with Gasteiger partial charge in [0.05, 0.1) is 31.0 Å². The number of hydrogen-bond acceptors (Lipinski definition) is 4. The fourth-order valence-electron chi connectivity index (χ4n) is 2.82. The summed E-state index contributed by atoms with van der Waals surface area (Å²) in [7, 11) is 0. The Morgan fingerprint density at radius 1 is 1.32 bits per heavy atom. The Bertz CT molecular complexity index is 747. The number of β-amino-alcohol motifs (C(OH)–C–C–N with tert-alkyl or cyclic N) is 1. The van der Waals surface area contributed by atoms with Crippen LogP contribution in [0.4, 0.5) is 10.6 Å². The van der Waals surface area contributed by atoms with E-state index < -0.39 is 12.2 Å². The van der Waals surface area contributed by atoms with Crippen LogP contribution in [0.5, 0.6) is 0 Å². The maximum Gasteiger partial charge on any atom is 0.323 e. The summed E-state index contributed by atoms with van der Waals surface area (Å²) in [6, 6.07) is 8.92. The summed E-state index contributed by atoms with van der Waals surface area (Å²) in [6.45, 7) is 2.86. The van der Waals surface area contributed by atoms with E-state index in [0.717, 1.165) is 11.3 Å². The topological polar surface area (TPSA) is 90.6 Å². The van der Waals surface area contributed by atoms with Gasteiger partial charge in [-0.25, -0.2) is 9.48 Å². The van der Waals surface area contributed by atoms with E-state index in [0.29, 0.717) is 30.4 Å². The monoisotopic (exact) mass is 364 g/mol. The van der Waals surface area contributed by atoms with Crippen LogP contribution < -0.4 is 5.32 Å². The van der Waals surface area contributed by atoms with Gasteiger partial charge < -0.3 is 15.1 Å². The van der Waals surface area contributed by atoms with E-state index in [1.807, 2.05) is 31.2 Å². The van der Waals surface area contributed by atoms with Crippen molar-refractivity contribution in [2.24, 2.45) is 0 Å². The lowest BCUT2D eigenvalue weighted by atomic mass is 10.1. The zero-order chi connectivity index (χ0) is 18.0. The van der Waals surface area contributed by atoms with Crippen molar-refractivity contribution < 1.29 is 15.0 Å². The molecular weight excluding hydrogens is 344 g/mol. The molecule has 0 unspecified atom stereocenters. The number of aliphatic hydroxyl groups excluding tert-OH is 2. The minimum absolute atomic E-state index is 0.108. The maximum atomic E-state index is 12.4. The SMILES string of the molecule is Cc1cc(NC(=O)N2CC[C@@H](O)[C@H](O)C2)n(Cc2ccc(Cl)cc2)n1.